The molecule has 4 nitrogen and oxygen atoms in total. The van der Waals surface area contributed by atoms with E-state index in [0.29, 0.717) is 16.8 Å². The number of aryl methyl sites for hydroxylation is 2. The Hall–Kier alpha value is -2.24. The van der Waals surface area contributed by atoms with Crippen LogP contribution < -0.4 is 0 Å². The van der Waals surface area contributed by atoms with Crippen LogP contribution in [0.2, 0.25) is 0 Å². The lowest BCUT2D eigenvalue weighted by Gasteiger charge is -2.08. The van der Waals surface area contributed by atoms with Crippen molar-refractivity contribution in [3.8, 4) is 11.3 Å². The molecule has 0 unspecified atom stereocenters. The summed E-state index contributed by atoms with van der Waals surface area (Å²) in [5.74, 6) is -1.80. The highest BCUT2D eigenvalue weighted by Gasteiger charge is 2.15. The van der Waals surface area contributed by atoms with Crippen molar-refractivity contribution in [2.45, 2.75) is 13.6 Å². The molecule has 1 aromatic heterocycles. The van der Waals surface area contributed by atoms with Crippen LogP contribution in [-0.2, 0) is 13.7 Å². The number of carboxylic acid groups (broad SMARTS) is 1. The summed E-state index contributed by atoms with van der Waals surface area (Å²) >= 11 is 0. The Morgan fingerprint density at radius 1 is 1.42 bits per heavy atom. The average Bonchev–Trinajstić information content (AvgIpc) is 2.71. The summed E-state index contributed by atoms with van der Waals surface area (Å²) in [5.41, 5.74) is 1.31. The van der Waals surface area contributed by atoms with E-state index in [2.05, 4.69) is 5.10 Å². The van der Waals surface area contributed by atoms with Crippen molar-refractivity contribution in [1.82, 2.24) is 9.78 Å². The van der Waals surface area contributed by atoms with Crippen LogP contribution in [0.3, 0.4) is 0 Å². The lowest BCUT2D eigenvalue weighted by Crippen LogP contribution is -2.00. The summed E-state index contributed by atoms with van der Waals surface area (Å²) in [6.07, 6.45) is 0. The molecule has 0 aliphatic heterocycles. The minimum absolute atomic E-state index is 0.0179. The third kappa shape index (κ3) is 2.33. The first kappa shape index (κ1) is 13.2. The van der Waals surface area contributed by atoms with Gasteiger partial charge in [-0.1, -0.05) is 0 Å². The maximum absolute atomic E-state index is 13.7. The highest BCUT2D eigenvalue weighted by Crippen LogP contribution is 2.25. The summed E-state index contributed by atoms with van der Waals surface area (Å²) in [5, 5.41) is 12.7. The zero-order chi connectivity index (χ0) is 14.2. The summed E-state index contributed by atoms with van der Waals surface area (Å²) < 4.78 is 27.7. The first-order valence-electron chi connectivity index (χ1n) is 5.56. The fraction of sp³-hybridized carbons (Fsp3) is 0.231. The van der Waals surface area contributed by atoms with Gasteiger partial charge in [-0.05, 0) is 30.7 Å². The molecule has 0 saturated carbocycles. The van der Waals surface area contributed by atoms with Crippen LogP contribution in [-0.4, -0.2) is 20.9 Å². The first-order valence-corrected chi connectivity index (χ1v) is 5.56. The molecule has 0 saturated heterocycles. The third-order valence-corrected chi connectivity index (χ3v) is 2.95. The van der Waals surface area contributed by atoms with Crippen molar-refractivity contribution in [3.63, 3.8) is 0 Å². The van der Waals surface area contributed by atoms with Crippen LogP contribution in [0.5, 0.6) is 0 Å². The topological polar surface area (TPSA) is 55.1 Å². The molecule has 0 radical (unpaired) electrons. The zero-order valence-electron chi connectivity index (χ0n) is 10.4. The molecule has 6 heteroatoms. The van der Waals surface area contributed by atoms with E-state index in [1.807, 2.05) is 0 Å². The van der Waals surface area contributed by atoms with Gasteiger partial charge in [-0.25, -0.2) is 13.6 Å². The Bertz CT molecular complexity index is 627. The second-order valence-corrected chi connectivity index (χ2v) is 4.23. The first-order chi connectivity index (χ1) is 8.93. The molecule has 1 aromatic carbocycles. The van der Waals surface area contributed by atoms with Gasteiger partial charge in [-0.3, -0.25) is 4.68 Å². The van der Waals surface area contributed by atoms with Crippen molar-refractivity contribution in [2.24, 2.45) is 7.05 Å². The zero-order valence-corrected chi connectivity index (χ0v) is 10.4. The molecule has 0 fully saturated rings. The van der Waals surface area contributed by atoms with E-state index in [1.54, 1.807) is 20.0 Å². The molecule has 0 amide bonds. The molecule has 0 atom stereocenters. The molecular formula is C13H12F2N2O2. The standard InChI is InChI=1S/C13H12F2N2O2/c1-7-3-8(4-10(15)9(7)6-14)12-5-11(13(18)19)16-17(12)2/h3-5H,6H2,1-2H3,(H,18,19). The van der Waals surface area contributed by atoms with Crippen molar-refractivity contribution in [1.29, 1.82) is 0 Å². The number of benzene rings is 1. The fourth-order valence-corrected chi connectivity index (χ4v) is 1.93. The van der Waals surface area contributed by atoms with E-state index >= 15 is 0 Å². The Morgan fingerprint density at radius 3 is 2.58 bits per heavy atom. The highest BCUT2D eigenvalue weighted by molar-refractivity contribution is 5.87. The smallest absolute Gasteiger partial charge is 0.356 e. The fourth-order valence-electron chi connectivity index (χ4n) is 1.93. The molecule has 19 heavy (non-hydrogen) atoms. The van der Waals surface area contributed by atoms with Gasteiger partial charge in [0.2, 0.25) is 0 Å². The van der Waals surface area contributed by atoms with E-state index < -0.39 is 18.5 Å². The van der Waals surface area contributed by atoms with Crippen molar-refractivity contribution in [2.75, 3.05) is 0 Å². The van der Waals surface area contributed by atoms with Gasteiger partial charge in [0.15, 0.2) is 5.69 Å². The monoisotopic (exact) mass is 266 g/mol. The Kier molecular flexibility index (Phi) is 3.33. The lowest BCUT2D eigenvalue weighted by molar-refractivity contribution is 0.0689. The number of aromatic carboxylic acids is 1. The summed E-state index contributed by atoms with van der Waals surface area (Å²) in [6, 6.07) is 4.15. The largest absolute Gasteiger partial charge is 0.476 e. The SMILES string of the molecule is Cc1cc(-c2cc(C(=O)O)nn2C)cc(F)c1CF. The highest BCUT2D eigenvalue weighted by atomic mass is 19.1. The van der Waals surface area contributed by atoms with Gasteiger partial charge < -0.3 is 5.11 Å². The Morgan fingerprint density at radius 2 is 2.11 bits per heavy atom. The van der Waals surface area contributed by atoms with E-state index in [9.17, 15) is 13.6 Å². The van der Waals surface area contributed by atoms with Crippen molar-refractivity contribution in [3.05, 3.63) is 40.8 Å². The predicted molar refractivity (Wildman–Crippen MR) is 65.1 cm³/mol. The van der Waals surface area contributed by atoms with Crippen LogP contribution in [0.15, 0.2) is 18.2 Å². The average molecular weight is 266 g/mol. The van der Waals surface area contributed by atoms with Gasteiger partial charge in [0.05, 0.1) is 5.69 Å². The van der Waals surface area contributed by atoms with Gasteiger partial charge in [0.1, 0.15) is 12.5 Å². The molecule has 0 spiro atoms. The molecule has 0 aliphatic carbocycles. The van der Waals surface area contributed by atoms with Crippen LogP contribution >= 0.6 is 0 Å². The summed E-state index contributed by atoms with van der Waals surface area (Å²) in [6.45, 7) is 0.736. The molecule has 2 rings (SSSR count). The number of halogens is 2. The number of rotatable bonds is 3. The predicted octanol–water partition coefficient (Wildman–Crippen LogP) is 2.70. The third-order valence-electron chi connectivity index (χ3n) is 2.95. The molecule has 100 valence electrons. The van der Waals surface area contributed by atoms with E-state index in [1.165, 1.54) is 16.8 Å². The maximum Gasteiger partial charge on any atom is 0.356 e. The molecular weight excluding hydrogens is 254 g/mol. The quantitative estimate of drug-likeness (QED) is 0.929. The maximum atomic E-state index is 13.7. The number of carboxylic acids is 1. The number of nitrogens with zero attached hydrogens (tertiary/aromatic N) is 2. The van der Waals surface area contributed by atoms with Gasteiger partial charge in [-0.2, -0.15) is 5.10 Å². The number of hydrogen-bond acceptors (Lipinski definition) is 2. The van der Waals surface area contributed by atoms with Crippen molar-refractivity contribution < 1.29 is 18.7 Å². The van der Waals surface area contributed by atoms with E-state index in [0.717, 1.165) is 0 Å². The number of aromatic nitrogens is 2. The number of alkyl halides is 1. The Balaban J connectivity index is 2.56. The molecule has 0 bridgehead atoms. The number of hydrogen-bond donors (Lipinski definition) is 1. The normalized spacial score (nSPS) is 10.7. The van der Waals surface area contributed by atoms with Gasteiger partial charge in [0, 0.05) is 18.2 Å². The minimum atomic E-state index is -1.15. The van der Waals surface area contributed by atoms with Crippen LogP contribution in [0.4, 0.5) is 8.78 Å². The van der Waals surface area contributed by atoms with Crippen LogP contribution in [0.1, 0.15) is 21.6 Å². The van der Waals surface area contributed by atoms with Gasteiger partial charge in [0.25, 0.3) is 0 Å². The molecule has 1 N–H and O–H groups in total. The Labute approximate surface area is 108 Å². The molecule has 2 aromatic rings. The summed E-state index contributed by atoms with van der Waals surface area (Å²) in [7, 11) is 1.57. The lowest BCUT2D eigenvalue weighted by atomic mass is 10.0. The van der Waals surface area contributed by atoms with Crippen LogP contribution in [0.25, 0.3) is 11.3 Å². The second-order valence-electron chi connectivity index (χ2n) is 4.23. The molecule has 1 heterocycles. The van der Waals surface area contributed by atoms with Gasteiger partial charge >= 0.3 is 5.97 Å². The summed E-state index contributed by atoms with van der Waals surface area (Å²) in [4.78, 5) is 10.8. The van der Waals surface area contributed by atoms with Gasteiger partial charge in [-0.15, -0.1) is 0 Å². The van der Waals surface area contributed by atoms with Crippen LogP contribution in [0, 0.1) is 12.7 Å². The minimum Gasteiger partial charge on any atom is -0.476 e. The second kappa shape index (κ2) is 4.79. The number of carbonyl (C=O) groups is 1. The molecule has 0 aliphatic rings. The van der Waals surface area contributed by atoms with Crippen molar-refractivity contribution >= 4 is 5.97 Å². The van der Waals surface area contributed by atoms with E-state index in [4.69, 9.17) is 5.11 Å². The van der Waals surface area contributed by atoms with E-state index in [-0.39, 0.29) is 11.3 Å².